The monoisotopic (exact) mass is 664 g/mol. The molecule has 1 saturated heterocycles. The average Bonchev–Trinajstić information content (AvgIpc) is 3.39. The Morgan fingerprint density at radius 3 is 2.47 bits per heavy atom. The number of rotatable bonds is 7. The number of nitrogens with zero attached hydrogens (tertiary/aromatic N) is 1. The van der Waals surface area contributed by atoms with Crippen LogP contribution in [0.4, 0.5) is 5.69 Å². The molecule has 1 aliphatic heterocycles. The highest BCUT2D eigenvalue weighted by molar-refractivity contribution is 8.93. The molecule has 5 saturated carbocycles. The molecule has 7 bridgehead atoms. The van der Waals surface area contributed by atoms with Gasteiger partial charge in [0.25, 0.3) is 0 Å². The number of esters is 1. The van der Waals surface area contributed by atoms with E-state index in [2.05, 4.69) is 17.1 Å². The fourth-order valence-electron chi connectivity index (χ4n) is 11.6. The van der Waals surface area contributed by atoms with Crippen molar-refractivity contribution in [3.05, 3.63) is 29.8 Å². The Kier molecular flexibility index (Phi) is 7.64. The molecule has 1 heterocycles. The number of likely N-dealkylation sites (tertiary alicyclic amines) is 1. The maximum atomic E-state index is 14.0. The van der Waals surface area contributed by atoms with Crippen molar-refractivity contribution < 1.29 is 38.7 Å². The summed E-state index contributed by atoms with van der Waals surface area (Å²) in [5.41, 5.74) is -3.57. The first-order valence-corrected chi connectivity index (χ1v) is 15.4. The van der Waals surface area contributed by atoms with Gasteiger partial charge in [0.2, 0.25) is 5.91 Å². The number of likely N-dealkylation sites (N-methyl/N-ethyl adjacent to an activating group) is 1. The van der Waals surface area contributed by atoms with Gasteiger partial charge in [-0.2, -0.15) is 0 Å². The van der Waals surface area contributed by atoms with Gasteiger partial charge < -0.3 is 34.5 Å². The van der Waals surface area contributed by atoms with Crippen LogP contribution in [0, 0.1) is 29.1 Å². The van der Waals surface area contributed by atoms with Crippen molar-refractivity contribution in [3.63, 3.8) is 0 Å². The highest BCUT2D eigenvalue weighted by Crippen LogP contribution is 2.79. The van der Waals surface area contributed by atoms with E-state index in [9.17, 15) is 19.8 Å². The molecule has 0 aromatic heterocycles. The van der Waals surface area contributed by atoms with Crippen LogP contribution in [0.15, 0.2) is 24.3 Å². The predicted octanol–water partition coefficient (Wildman–Crippen LogP) is 2.80. The van der Waals surface area contributed by atoms with Gasteiger partial charge in [-0.15, -0.1) is 17.0 Å². The average molecular weight is 666 g/mol. The van der Waals surface area contributed by atoms with E-state index in [0.29, 0.717) is 56.4 Å². The third-order valence-electron chi connectivity index (χ3n) is 12.6. The Morgan fingerprint density at radius 1 is 1.07 bits per heavy atom. The number of halogens is 1. The zero-order chi connectivity index (χ0) is 29.8. The highest BCUT2D eigenvalue weighted by atomic mass is 79.9. The van der Waals surface area contributed by atoms with Crippen molar-refractivity contribution in [3.8, 4) is 0 Å². The van der Waals surface area contributed by atoms with E-state index in [-0.39, 0.29) is 64.8 Å². The fraction of sp³-hybridized carbons (Fsp3) is 0.750. The number of aliphatic hydroxyl groups is 2. The molecule has 1 spiro atoms. The van der Waals surface area contributed by atoms with Crippen LogP contribution in [0.1, 0.15) is 56.3 Å². The largest absolute Gasteiger partial charge is 0.454 e. The number of hydrogen-bond donors (Lipinski definition) is 3. The lowest BCUT2D eigenvalue weighted by atomic mass is 9.44. The van der Waals surface area contributed by atoms with E-state index in [1.54, 1.807) is 45.6 Å². The smallest absolute Gasteiger partial charge is 0.340 e. The SMILES string of the molecule is Br.CCN1C[C@]2(OC(=O)c3ccccc3NC(C)=O)CCC(OC)C34C5C[C@H]6C(OC)[C@]5(O)[C@](O)(C[C@@H]6OC)C(C[C@@H]32)[C@@H]14. The number of carbonyl (C=O) groups is 2. The van der Waals surface area contributed by atoms with Crippen molar-refractivity contribution in [2.75, 3.05) is 39.7 Å². The van der Waals surface area contributed by atoms with Gasteiger partial charge in [0.05, 0.1) is 29.6 Å². The second-order valence-electron chi connectivity index (χ2n) is 13.7. The van der Waals surface area contributed by atoms with E-state index < -0.39 is 34.3 Å². The molecule has 0 radical (unpaired) electrons. The summed E-state index contributed by atoms with van der Waals surface area (Å²) >= 11 is 0. The lowest BCUT2D eigenvalue weighted by Crippen LogP contribution is -2.83. The molecule has 43 heavy (non-hydrogen) atoms. The minimum absolute atomic E-state index is 0. The van der Waals surface area contributed by atoms with Gasteiger partial charge in [0, 0.05) is 76.3 Å². The second kappa shape index (κ2) is 10.5. The van der Waals surface area contributed by atoms with Gasteiger partial charge in [-0.25, -0.2) is 4.79 Å². The molecular weight excluding hydrogens is 620 g/mol. The Bertz CT molecular complexity index is 1300. The van der Waals surface area contributed by atoms with Crippen LogP contribution in [-0.2, 0) is 23.7 Å². The van der Waals surface area contributed by atoms with Crippen molar-refractivity contribution in [2.45, 2.75) is 87.1 Å². The molecule has 6 fully saturated rings. The molecule has 12 atom stereocenters. The number of carbonyl (C=O) groups excluding carboxylic acids is 2. The van der Waals surface area contributed by atoms with Crippen LogP contribution < -0.4 is 5.32 Å². The molecule has 3 N–H and O–H groups in total. The van der Waals surface area contributed by atoms with Crippen molar-refractivity contribution >= 4 is 34.5 Å². The van der Waals surface area contributed by atoms with Crippen LogP contribution in [0.5, 0.6) is 0 Å². The summed E-state index contributed by atoms with van der Waals surface area (Å²) in [6.45, 7) is 4.79. The standard InChI is InChI=1S/C32H44N2O8.BrH/c1-6-34-16-29(42-28(36)18-9-7-8-10-21(18)33-17(2)35)12-11-25(40-4)31-23(29)14-20(26(31)34)30(37)15-22(39-3)19-13-24(31)32(30,38)27(19)41-5;/h7-10,19-20,22-27,37-38H,6,11-16H2,1-5H3,(H,33,35);1H/t19-,20?,22+,23-,24?,25?,26-,27?,29-,30+,31?,32+;/m1./s1. The zero-order valence-corrected chi connectivity index (χ0v) is 27.3. The van der Waals surface area contributed by atoms with Crippen molar-refractivity contribution in [1.29, 1.82) is 0 Å². The quantitative estimate of drug-likeness (QED) is 0.377. The Morgan fingerprint density at radius 2 is 1.81 bits per heavy atom. The zero-order valence-electron chi connectivity index (χ0n) is 25.6. The lowest BCUT2D eigenvalue weighted by Gasteiger charge is -2.70. The van der Waals surface area contributed by atoms with Gasteiger partial charge in [-0.1, -0.05) is 19.1 Å². The van der Waals surface area contributed by atoms with Crippen LogP contribution >= 0.6 is 17.0 Å². The van der Waals surface area contributed by atoms with E-state index in [1.807, 2.05) is 0 Å². The molecule has 6 aliphatic rings. The van der Waals surface area contributed by atoms with Crippen molar-refractivity contribution in [2.24, 2.45) is 29.1 Å². The number of benzene rings is 1. The number of ether oxygens (including phenoxy) is 4. The van der Waals surface area contributed by atoms with Gasteiger partial charge >= 0.3 is 5.97 Å². The normalized spacial score (nSPS) is 47.0. The summed E-state index contributed by atoms with van der Waals surface area (Å²) in [4.78, 5) is 28.3. The van der Waals surface area contributed by atoms with Crippen LogP contribution in [0.25, 0.3) is 0 Å². The Hall–Kier alpha value is -1.60. The van der Waals surface area contributed by atoms with E-state index in [1.165, 1.54) is 6.92 Å². The molecular formula is C32H45BrN2O8. The van der Waals surface area contributed by atoms with Gasteiger partial charge in [-0.3, -0.25) is 9.69 Å². The van der Waals surface area contributed by atoms with Gasteiger partial charge in [-0.05, 0) is 44.4 Å². The third kappa shape index (κ3) is 3.67. The number of methoxy groups -OCH3 is 3. The maximum Gasteiger partial charge on any atom is 0.340 e. The van der Waals surface area contributed by atoms with E-state index >= 15 is 0 Å². The molecule has 10 nitrogen and oxygen atoms in total. The Labute approximate surface area is 263 Å². The minimum atomic E-state index is -1.48. The third-order valence-corrected chi connectivity index (χ3v) is 12.6. The molecule has 11 heteroatoms. The van der Waals surface area contributed by atoms with Crippen LogP contribution in [-0.4, -0.2) is 103 Å². The van der Waals surface area contributed by atoms with Crippen LogP contribution in [0.3, 0.4) is 0 Å². The summed E-state index contributed by atoms with van der Waals surface area (Å²) < 4.78 is 25.1. The van der Waals surface area contributed by atoms with E-state index in [0.717, 1.165) is 0 Å². The summed E-state index contributed by atoms with van der Waals surface area (Å²) in [6.07, 6.45) is 1.91. The molecule has 5 unspecified atom stereocenters. The number of amides is 1. The summed E-state index contributed by atoms with van der Waals surface area (Å²) in [5.74, 6) is -1.54. The first kappa shape index (κ1) is 31.4. The minimum Gasteiger partial charge on any atom is -0.454 e. The molecule has 5 aliphatic carbocycles. The topological polar surface area (TPSA) is 127 Å². The number of para-hydroxylation sites is 1. The maximum absolute atomic E-state index is 14.0. The number of anilines is 1. The fourth-order valence-corrected chi connectivity index (χ4v) is 11.6. The molecule has 238 valence electrons. The van der Waals surface area contributed by atoms with Gasteiger partial charge in [0.15, 0.2) is 0 Å². The number of piperidine rings is 1. The molecule has 1 aromatic carbocycles. The summed E-state index contributed by atoms with van der Waals surface area (Å²) in [6, 6.07) is 6.89. The lowest BCUT2D eigenvalue weighted by molar-refractivity contribution is -0.337. The highest BCUT2D eigenvalue weighted by Gasteiger charge is 2.89. The molecule has 1 amide bonds. The number of hydrogen-bond acceptors (Lipinski definition) is 9. The molecule has 7 rings (SSSR count). The molecule has 1 aromatic rings. The second-order valence-corrected chi connectivity index (χ2v) is 13.7. The summed E-state index contributed by atoms with van der Waals surface area (Å²) in [7, 11) is 5.05. The number of fused-ring (bicyclic) bond motifs is 2. The van der Waals surface area contributed by atoms with E-state index in [4.69, 9.17) is 18.9 Å². The van der Waals surface area contributed by atoms with Gasteiger partial charge in [0.1, 0.15) is 16.8 Å². The first-order chi connectivity index (χ1) is 20.1. The Balaban J connectivity index is 0.00000329. The van der Waals surface area contributed by atoms with Crippen molar-refractivity contribution in [1.82, 2.24) is 4.90 Å². The number of nitrogens with one attached hydrogen (secondary N) is 1. The first-order valence-electron chi connectivity index (χ1n) is 15.4. The van der Waals surface area contributed by atoms with Crippen LogP contribution in [0.2, 0.25) is 0 Å². The predicted molar refractivity (Wildman–Crippen MR) is 162 cm³/mol. The summed E-state index contributed by atoms with van der Waals surface area (Å²) in [5, 5.41) is 28.4.